The van der Waals surface area contributed by atoms with Crippen LogP contribution in [0.2, 0.25) is 0 Å². The number of benzene rings is 2. The minimum atomic E-state index is -0.833. The molecule has 0 bridgehead atoms. The van der Waals surface area contributed by atoms with Crippen LogP contribution in [-0.4, -0.2) is 90.7 Å². The molecule has 0 aromatic heterocycles. The van der Waals surface area contributed by atoms with Crippen LogP contribution in [0.25, 0.3) is 0 Å². The van der Waals surface area contributed by atoms with Crippen molar-refractivity contribution in [3.8, 4) is 0 Å². The Kier molecular flexibility index (Phi) is 10.0. The van der Waals surface area contributed by atoms with Gasteiger partial charge in [0.25, 0.3) is 0 Å². The highest BCUT2D eigenvalue weighted by atomic mass is 32.2. The molecule has 2 aromatic rings. The van der Waals surface area contributed by atoms with E-state index in [1.165, 1.54) is 4.90 Å². The lowest BCUT2D eigenvalue weighted by Crippen LogP contribution is -2.52. The fraction of sp³-hybridized carbons (Fsp3) is 0.531. The fourth-order valence-electron chi connectivity index (χ4n) is 6.46. The molecular formula is C32H42F2N6O2S. The van der Waals surface area contributed by atoms with Crippen molar-refractivity contribution in [1.82, 2.24) is 20.0 Å². The number of halogens is 2. The molecule has 3 atom stereocenters. The summed E-state index contributed by atoms with van der Waals surface area (Å²) < 4.78 is 29.4. The highest BCUT2D eigenvalue weighted by Gasteiger charge is 2.30. The third-order valence-corrected chi connectivity index (χ3v) is 10.3. The maximum atomic E-state index is 15.1. The van der Waals surface area contributed by atoms with E-state index in [1.807, 2.05) is 42.3 Å². The second-order valence-corrected chi connectivity index (χ2v) is 13.3. The number of anilines is 1. The van der Waals surface area contributed by atoms with Gasteiger partial charge in [0, 0.05) is 59.6 Å². The van der Waals surface area contributed by atoms with E-state index in [0.717, 1.165) is 55.0 Å². The molecule has 0 aliphatic carbocycles. The Morgan fingerprint density at radius 3 is 2.58 bits per heavy atom. The molecule has 3 unspecified atom stereocenters. The molecule has 0 radical (unpaired) electrons. The first-order valence-electron chi connectivity index (χ1n) is 15.2. The van der Waals surface area contributed by atoms with Crippen LogP contribution < -0.4 is 10.6 Å². The van der Waals surface area contributed by atoms with Gasteiger partial charge in [-0.25, -0.2) is 13.6 Å². The van der Waals surface area contributed by atoms with Crippen molar-refractivity contribution < 1.29 is 18.4 Å². The summed E-state index contributed by atoms with van der Waals surface area (Å²) in [6.45, 7) is 5.25. The summed E-state index contributed by atoms with van der Waals surface area (Å²) in [5.41, 5.74) is 3.22. The molecule has 5 rings (SSSR count). The van der Waals surface area contributed by atoms with Gasteiger partial charge < -0.3 is 10.2 Å². The van der Waals surface area contributed by atoms with Crippen LogP contribution in [0.5, 0.6) is 0 Å². The summed E-state index contributed by atoms with van der Waals surface area (Å²) >= 11 is 1.67. The number of thioether (sulfide) groups is 1. The Morgan fingerprint density at radius 2 is 1.86 bits per heavy atom. The smallest absolute Gasteiger partial charge is 0.329 e. The van der Waals surface area contributed by atoms with Crippen molar-refractivity contribution >= 4 is 35.2 Å². The molecule has 0 saturated carbocycles. The van der Waals surface area contributed by atoms with Crippen LogP contribution in [0.3, 0.4) is 0 Å². The molecule has 3 amide bonds. The fourth-order valence-corrected chi connectivity index (χ4v) is 7.71. The van der Waals surface area contributed by atoms with Crippen LogP contribution in [0, 0.1) is 11.2 Å². The third kappa shape index (κ3) is 7.38. The quantitative estimate of drug-likeness (QED) is 0.279. The Balaban J connectivity index is 1.21. The maximum Gasteiger partial charge on any atom is 0.329 e. The van der Waals surface area contributed by atoms with Gasteiger partial charge in [-0.1, -0.05) is 6.07 Å². The topological polar surface area (TPSA) is 91.8 Å². The molecule has 232 valence electrons. The Hall–Kier alpha value is -3.02. The standard InChI is InChI=1S/C32H42F2N6O2S/c1-20(27-18-24(5-7-28(27)34)43-25-10-12-38(3)19-23(33)17-25)39-13-8-21(9-14-39)22-4-6-26(29(16-22)36-2)31(35)40-15-11-30(41)37-32(40)42/h4-7,16,18,20-21,23,25,35-36H,8-15,17,19H2,1-3H3,(H,37,41,42). The average Bonchev–Trinajstić information content (AvgIpc) is 3.16. The minimum absolute atomic E-state index is 0.0582. The van der Waals surface area contributed by atoms with E-state index in [4.69, 9.17) is 5.41 Å². The van der Waals surface area contributed by atoms with Gasteiger partial charge in [0.05, 0.1) is 0 Å². The number of imide groups is 1. The van der Waals surface area contributed by atoms with E-state index < -0.39 is 12.2 Å². The lowest BCUT2D eigenvalue weighted by molar-refractivity contribution is -0.121. The molecule has 8 nitrogen and oxygen atoms in total. The lowest BCUT2D eigenvalue weighted by atomic mass is 9.87. The van der Waals surface area contributed by atoms with Crippen LogP contribution in [0.4, 0.5) is 19.3 Å². The molecule has 3 aliphatic heterocycles. The van der Waals surface area contributed by atoms with Gasteiger partial charge in [-0.15, -0.1) is 11.8 Å². The van der Waals surface area contributed by atoms with Crippen molar-refractivity contribution in [2.24, 2.45) is 0 Å². The number of piperidine rings is 1. The van der Waals surface area contributed by atoms with Crippen molar-refractivity contribution in [3.63, 3.8) is 0 Å². The highest BCUT2D eigenvalue weighted by Crippen LogP contribution is 2.37. The van der Waals surface area contributed by atoms with E-state index >= 15 is 4.39 Å². The van der Waals surface area contributed by atoms with Crippen molar-refractivity contribution in [3.05, 3.63) is 58.9 Å². The van der Waals surface area contributed by atoms with Crippen molar-refractivity contribution in [2.45, 2.75) is 67.3 Å². The Morgan fingerprint density at radius 1 is 1.09 bits per heavy atom. The summed E-state index contributed by atoms with van der Waals surface area (Å²) in [6.07, 6.45) is 2.62. The van der Waals surface area contributed by atoms with Crippen LogP contribution >= 0.6 is 11.8 Å². The Labute approximate surface area is 257 Å². The third-order valence-electron chi connectivity index (χ3n) is 9.02. The predicted octanol–water partition coefficient (Wildman–Crippen LogP) is 5.60. The molecule has 3 saturated heterocycles. The molecule has 3 heterocycles. The largest absolute Gasteiger partial charge is 0.388 e. The number of amidine groups is 1. The van der Waals surface area contributed by atoms with E-state index in [1.54, 1.807) is 24.9 Å². The van der Waals surface area contributed by atoms with Gasteiger partial charge in [0.15, 0.2) is 0 Å². The van der Waals surface area contributed by atoms with Crippen LogP contribution in [0.15, 0.2) is 41.3 Å². The zero-order valence-electron chi connectivity index (χ0n) is 25.2. The number of hydrogen-bond donors (Lipinski definition) is 3. The number of nitrogens with zero attached hydrogens (tertiary/aromatic N) is 3. The van der Waals surface area contributed by atoms with Crippen molar-refractivity contribution in [1.29, 1.82) is 5.41 Å². The van der Waals surface area contributed by atoms with Crippen LogP contribution in [-0.2, 0) is 4.79 Å². The number of nitrogens with one attached hydrogen (secondary N) is 3. The SMILES string of the molecule is CNc1cc(C2CCN(C(C)c3cc(SC4CCN(C)CC(F)C4)ccc3F)CC2)ccc1C(=N)N1CCC(=O)NC1=O. The first-order chi connectivity index (χ1) is 20.6. The molecule has 0 spiro atoms. The molecule has 2 aromatic carbocycles. The van der Waals surface area contributed by atoms with E-state index in [0.29, 0.717) is 30.0 Å². The van der Waals surface area contributed by atoms with Gasteiger partial charge in [0.2, 0.25) is 5.91 Å². The number of alkyl halides is 1. The van der Waals surface area contributed by atoms with E-state index in [-0.39, 0.29) is 41.8 Å². The highest BCUT2D eigenvalue weighted by molar-refractivity contribution is 8.00. The summed E-state index contributed by atoms with van der Waals surface area (Å²) in [6, 6.07) is 10.6. The maximum absolute atomic E-state index is 15.1. The number of hydrogen-bond acceptors (Lipinski definition) is 7. The van der Waals surface area contributed by atoms with Gasteiger partial charge in [-0.3, -0.25) is 25.3 Å². The second kappa shape index (κ2) is 13.7. The summed E-state index contributed by atoms with van der Waals surface area (Å²) in [4.78, 5) is 30.5. The Bertz CT molecular complexity index is 1350. The molecule has 11 heteroatoms. The molecule has 3 N–H and O–H groups in total. The zero-order valence-corrected chi connectivity index (χ0v) is 26.0. The lowest BCUT2D eigenvalue weighted by Gasteiger charge is -2.37. The second-order valence-electron chi connectivity index (χ2n) is 12.0. The summed E-state index contributed by atoms with van der Waals surface area (Å²) in [7, 11) is 3.76. The van der Waals surface area contributed by atoms with Gasteiger partial charge in [-0.05, 0) is 101 Å². The number of rotatable bonds is 7. The number of amides is 3. The normalized spacial score (nSPS) is 23.5. The van der Waals surface area contributed by atoms with Gasteiger partial charge >= 0.3 is 6.03 Å². The first kappa shape index (κ1) is 31.4. The number of carbonyl (C=O) groups excluding carboxylic acids is 2. The van der Waals surface area contributed by atoms with Crippen molar-refractivity contribution in [2.75, 3.05) is 52.1 Å². The number of urea groups is 1. The van der Waals surface area contributed by atoms with Crippen LogP contribution in [0.1, 0.15) is 67.7 Å². The van der Waals surface area contributed by atoms with E-state index in [9.17, 15) is 14.0 Å². The van der Waals surface area contributed by atoms with Gasteiger partial charge in [0.1, 0.15) is 17.8 Å². The van der Waals surface area contributed by atoms with Gasteiger partial charge in [-0.2, -0.15) is 0 Å². The first-order valence-corrected chi connectivity index (χ1v) is 16.1. The summed E-state index contributed by atoms with van der Waals surface area (Å²) in [5, 5.41) is 14.3. The zero-order chi connectivity index (χ0) is 30.7. The monoisotopic (exact) mass is 612 g/mol. The predicted molar refractivity (Wildman–Crippen MR) is 167 cm³/mol. The molecule has 43 heavy (non-hydrogen) atoms. The van der Waals surface area contributed by atoms with E-state index in [2.05, 4.69) is 22.5 Å². The molecule has 3 aliphatic rings. The molecule has 3 fully saturated rings. The number of likely N-dealkylation sites (tertiary alicyclic amines) is 2. The summed E-state index contributed by atoms with van der Waals surface area (Å²) in [5.74, 6) is -0.148. The molecular weight excluding hydrogens is 570 g/mol. The minimum Gasteiger partial charge on any atom is -0.388 e. The number of carbonyl (C=O) groups is 2. The average molecular weight is 613 g/mol.